The highest BCUT2D eigenvalue weighted by Gasteiger charge is 2.29. The number of thiazole rings is 1. The topological polar surface area (TPSA) is 61.9 Å². The summed E-state index contributed by atoms with van der Waals surface area (Å²) in [6.07, 6.45) is 2.73. The van der Waals surface area contributed by atoms with Crippen molar-refractivity contribution in [3.8, 4) is 0 Å². The van der Waals surface area contributed by atoms with Gasteiger partial charge in [-0.2, -0.15) is 5.10 Å². The summed E-state index contributed by atoms with van der Waals surface area (Å²) in [5.74, 6) is 0.411. The van der Waals surface area contributed by atoms with Crippen LogP contribution in [-0.2, 0) is 0 Å². The Morgan fingerprint density at radius 2 is 2.53 bits per heavy atom. The molecule has 0 spiro atoms. The van der Waals surface area contributed by atoms with E-state index in [-0.39, 0.29) is 5.91 Å². The summed E-state index contributed by atoms with van der Waals surface area (Å²) in [4.78, 5) is 18.0. The van der Waals surface area contributed by atoms with Crippen molar-refractivity contribution in [3.05, 3.63) is 34.5 Å². The molecule has 88 valence electrons. The Morgan fingerprint density at radius 1 is 1.59 bits per heavy atom. The Labute approximate surface area is 102 Å². The zero-order chi connectivity index (χ0) is 11.7. The number of hydrogen-bond acceptors (Lipinski definition) is 4. The summed E-state index contributed by atoms with van der Waals surface area (Å²) in [6, 6.07) is 1.97. The fraction of sp³-hybridized carbons (Fsp3) is 0.364. The molecule has 1 aliphatic rings. The first kappa shape index (κ1) is 10.5. The van der Waals surface area contributed by atoms with Crippen LogP contribution in [0.5, 0.6) is 0 Å². The van der Waals surface area contributed by atoms with Crippen LogP contribution in [0.3, 0.4) is 0 Å². The smallest absolute Gasteiger partial charge is 0.273 e. The molecular formula is C11H12N4OS. The predicted molar refractivity (Wildman–Crippen MR) is 64.0 cm³/mol. The first-order valence-corrected chi connectivity index (χ1v) is 6.45. The highest BCUT2D eigenvalue weighted by atomic mass is 32.1. The van der Waals surface area contributed by atoms with Crippen LogP contribution in [-0.4, -0.2) is 39.1 Å². The van der Waals surface area contributed by atoms with Crippen LogP contribution in [0.4, 0.5) is 0 Å². The van der Waals surface area contributed by atoms with E-state index >= 15 is 0 Å². The average Bonchev–Trinajstić information content (AvgIpc) is 3.09. The highest BCUT2D eigenvalue weighted by Crippen LogP contribution is 2.26. The van der Waals surface area contributed by atoms with Gasteiger partial charge in [-0.05, 0) is 12.5 Å². The highest BCUT2D eigenvalue weighted by molar-refractivity contribution is 7.07. The third-order valence-corrected chi connectivity index (χ3v) is 3.68. The summed E-state index contributed by atoms with van der Waals surface area (Å²) >= 11 is 1.45. The van der Waals surface area contributed by atoms with Gasteiger partial charge in [-0.25, -0.2) is 4.98 Å². The normalized spacial score (nSPS) is 19.8. The Kier molecular flexibility index (Phi) is 2.64. The number of hydrogen-bond donors (Lipinski definition) is 1. The van der Waals surface area contributed by atoms with Crippen molar-refractivity contribution in [2.45, 2.75) is 12.3 Å². The molecule has 2 aromatic heterocycles. The van der Waals surface area contributed by atoms with Gasteiger partial charge in [0.15, 0.2) is 0 Å². The average molecular weight is 248 g/mol. The molecule has 1 atom stereocenters. The van der Waals surface area contributed by atoms with Crippen LogP contribution in [0.2, 0.25) is 0 Å². The molecule has 0 bridgehead atoms. The van der Waals surface area contributed by atoms with Crippen LogP contribution >= 0.6 is 11.3 Å². The molecule has 3 rings (SSSR count). The van der Waals surface area contributed by atoms with Crippen LogP contribution in [0.1, 0.15) is 28.5 Å². The Balaban J connectivity index is 1.70. The molecule has 2 aromatic rings. The second-order valence-electron chi connectivity index (χ2n) is 4.12. The molecule has 0 aromatic carbocycles. The SMILES string of the molecule is O=C(c1cscn1)N1CC[C@H](c2ccn[nH]2)C1. The molecule has 5 nitrogen and oxygen atoms in total. The van der Waals surface area contributed by atoms with E-state index in [4.69, 9.17) is 0 Å². The number of aromatic amines is 1. The summed E-state index contributed by atoms with van der Waals surface area (Å²) in [5.41, 5.74) is 3.36. The largest absolute Gasteiger partial charge is 0.337 e. The number of rotatable bonds is 2. The maximum atomic E-state index is 12.1. The Morgan fingerprint density at radius 3 is 3.24 bits per heavy atom. The van der Waals surface area contributed by atoms with E-state index in [1.54, 1.807) is 17.1 Å². The fourth-order valence-corrected chi connectivity index (χ4v) is 2.70. The van der Waals surface area contributed by atoms with Gasteiger partial charge < -0.3 is 4.90 Å². The molecule has 3 heterocycles. The molecule has 0 unspecified atom stereocenters. The molecule has 0 saturated carbocycles. The first-order valence-electron chi connectivity index (χ1n) is 5.51. The number of carbonyl (C=O) groups is 1. The zero-order valence-electron chi connectivity index (χ0n) is 9.17. The van der Waals surface area contributed by atoms with Crippen molar-refractivity contribution in [2.24, 2.45) is 0 Å². The monoisotopic (exact) mass is 248 g/mol. The third-order valence-electron chi connectivity index (χ3n) is 3.09. The van der Waals surface area contributed by atoms with Crippen molar-refractivity contribution in [3.63, 3.8) is 0 Å². The Bertz CT molecular complexity index is 494. The van der Waals surface area contributed by atoms with Gasteiger partial charge in [-0.1, -0.05) is 0 Å². The zero-order valence-corrected chi connectivity index (χ0v) is 9.98. The number of nitrogens with one attached hydrogen (secondary N) is 1. The lowest BCUT2D eigenvalue weighted by atomic mass is 10.1. The van der Waals surface area contributed by atoms with E-state index < -0.39 is 0 Å². The number of H-pyrrole nitrogens is 1. The van der Waals surface area contributed by atoms with Gasteiger partial charge >= 0.3 is 0 Å². The van der Waals surface area contributed by atoms with E-state index in [0.29, 0.717) is 11.6 Å². The molecule has 0 radical (unpaired) electrons. The standard InChI is InChI=1S/C11H12N4OS/c16-11(10-6-17-7-12-10)15-4-2-8(5-15)9-1-3-13-14-9/h1,3,6-8H,2,4-5H2,(H,13,14)/t8-/m0/s1. The molecule has 1 N–H and O–H groups in total. The quantitative estimate of drug-likeness (QED) is 0.876. The first-order chi connectivity index (χ1) is 8.34. The molecule has 0 aliphatic carbocycles. The predicted octanol–water partition coefficient (Wildman–Crippen LogP) is 1.50. The van der Waals surface area contributed by atoms with Crippen molar-refractivity contribution >= 4 is 17.2 Å². The summed E-state index contributed by atoms with van der Waals surface area (Å²) < 4.78 is 0. The molecule has 1 aliphatic heterocycles. The van der Waals surface area contributed by atoms with Crippen molar-refractivity contribution < 1.29 is 4.79 Å². The maximum Gasteiger partial charge on any atom is 0.273 e. The second-order valence-corrected chi connectivity index (χ2v) is 4.84. The lowest BCUT2D eigenvalue weighted by molar-refractivity contribution is 0.0785. The Hall–Kier alpha value is -1.69. The van der Waals surface area contributed by atoms with Gasteiger partial charge in [0.1, 0.15) is 5.69 Å². The fourth-order valence-electron chi connectivity index (χ4n) is 2.17. The molecule has 17 heavy (non-hydrogen) atoms. The number of carbonyl (C=O) groups excluding carboxylic acids is 1. The van der Waals surface area contributed by atoms with Gasteiger partial charge in [0, 0.05) is 36.3 Å². The summed E-state index contributed by atoms with van der Waals surface area (Å²) in [5, 5.41) is 8.72. The van der Waals surface area contributed by atoms with E-state index in [2.05, 4.69) is 15.2 Å². The maximum absolute atomic E-state index is 12.1. The van der Waals surface area contributed by atoms with E-state index in [1.165, 1.54) is 11.3 Å². The minimum Gasteiger partial charge on any atom is -0.337 e. The third kappa shape index (κ3) is 1.95. The van der Waals surface area contributed by atoms with E-state index in [0.717, 1.165) is 25.2 Å². The summed E-state index contributed by atoms with van der Waals surface area (Å²) in [6.45, 7) is 1.54. The molecular weight excluding hydrogens is 236 g/mol. The van der Waals surface area contributed by atoms with Crippen LogP contribution in [0, 0.1) is 0 Å². The molecule has 6 heteroatoms. The number of amides is 1. The minimum atomic E-state index is 0.0354. The van der Waals surface area contributed by atoms with Gasteiger partial charge in [0.05, 0.1) is 5.51 Å². The number of nitrogens with zero attached hydrogens (tertiary/aromatic N) is 3. The molecule has 1 amide bonds. The van der Waals surface area contributed by atoms with Crippen molar-refractivity contribution in [2.75, 3.05) is 13.1 Å². The number of likely N-dealkylation sites (tertiary alicyclic amines) is 1. The van der Waals surface area contributed by atoms with Gasteiger partial charge in [-0.3, -0.25) is 9.89 Å². The molecule has 1 saturated heterocycles. The minimum absolute atomic E-state index is 0.0354. The lowest BCUT2D eigenvalue weighted by Crippen LogP contribution is -2.28. The summed E-state index contributed by atoms with van der Waals surface area (Å²) in [7, 11) is 0. The van der Waals surface area contributed by atoms with Crippen molar-refractivity contribution in [1.29, 1.82) is 0 Å². The van der Waals surface area contributed by atoms with Gasteiger partial charge in [0.2, 0.25) is 0 Å². The van der Waals surface area contributed by atoms with Crippen LogP contribution in [0.15, 0.2) is 23.2 Å². The van der Waals surface area contributed by atoms with Crippen LogP contribution in [0.25, 0.3) is 0 Å². The van der Waals surface area contributed by atoms with Gasteiger partial charge in [-0.15, -0.1) is 11.3 Å². The number of aromatic nitrogens is 3. The van der Waals surface area contributed by atoms with E-state index in [9.17, 15) is 4.79 Å². The van der Waals surface area contributed by atoms with Gasteiger partial charge in [0.25, 0.3) is 5.91 Å². The van der Waals surface area contributed by atoms with E-state index in [1.807, 2.05) is 11.0 Å². The second kappa shape index (κ2) is 4.29. The van der Waals surface area contributed by atoms with Crippen molar-refractivity contribution in [1.82, 2.24) is 20.1 Å². The molecule has 1 fully saturated rings. The lowest BCUT2D eigenvalue weighted by Gasteiger charge is -2.14. The van der Waals surface area contributed by atoms with Crippen LogP contribution < -0.4 is 0 Å².